The predicted octanol–water partition coefficient (Wildman–Crippen LogP) is -8.51. The van der Waals surface area contributed by atoms with E-state index in [1.807, 2.05) is 0 Å². The van der Waals surface area contributed by atoms with Crippen LogP contribution in [-0.4, -0.2) is 165 Å². The Morgan fingerprint density at radius 3 is 1.75 bits per heavy atom. The minimum absolute atomic E-state index is 0.484. The predicted molar refractivity (Wildman–Crippen MR) is 134 cm³/mol. The van der Waals surface area contributed by atoms with Crippen molar-refractivity contribution >= 4 is 11.9 Å². The molecule has 17 N–H and O–H groups in total. The minimum atomic E-state index is -1.79. The number of likely N-dealkylation sites (N-methyl/N-ethyl adjacent to an activating group) is 1. The fourth-order valence-electron chi connectivity index (χ4n) is 5.26. The lowest BCUT2D eigenvalue weighted by molar-refractivity contribution is -0.310. The van der Waals surface area contributed by atoms with Crippen LogP contribution in [0.5, 0.6) is 0 Å². The SMILES string of the molecule is CNC1C(OC2C(OC3C(O)C(O)C(N=C(N)N)C(O)C3N=C(N)N)OC(CO)C2CO)OC(CO)C(O)C1O. The van der Waals surface area contributed by atoms with Gasteiger partial charge in [-0.05, 0) is 7.05 Å². The van der Waals surface area contributed by atoms with E-state index in [9.17, 15) is 40.9 Å². The molecule has 19 heteroatoms. The lowest BCUT2D eigenvalue weighted by atomic mass is 9.81. The molecule has 15 unspecified atom stereocenters. The summed E-state index contributed by atoms with van der Waals surface area (Å²) in [5, 5.41) is 85.6. The van der Waals surface area contributed by atoms with Crippen LogP contribution in [0.3, 0.4) is 0 Å². The molecule has 19 nitrogen and oxygen atoms in total. The van der Waals surface area contributed by atoms with E-state index in [1.54, 1.807) is 0 Å². The van der Waals surface area contributed by atoms with Crippen LogP contribution in [0.4, 0.5) is 0 Å². The van der Waals surface area contributed by atoms with Gasteiger partial charge in [-0.25, -0.2) is 9.98 Å². The number of nitrogens with one attached hydrogen (secondary N) is 1. The Morgan fingerprint density at radius 1 is 0.675 bits per heavy atom. The maximum atomic E-state index is 10.9. The number of hydrogen-bond acceptors (Lipinski definition) is 15. The Kier molecular flexibility index (Phi) is 11.2. The van der Waals surface area contributed by atoms with Crippen LogP contribution >= 0.6 is 0 Å². The lowest BCUT2D eigenvalue weighted by Gasteiger charge is -2.45. The van der Waals surface area contributed by atoms with Crippen LogP contribution in [0.1, 0.15) is 0 Å². The van der Waals surface area contributed by atoms with Crippen molar-refractivity contribution in [2.45, 2.75) is 85.6 Å². The number of guanidine groups is 2. The standard InChI is InChI=1S/C21H41N7O12/c1-26-10-14(35)11(32)7(4-31)38-18(10)39-16-5(2-29)6(3-30)37-19(16)40-17-9(28-21(24)25)12(33)8(27-20(22)23)13(34)15(17)36/h5-19,26,29-36H,2-4H2,1H3,(H4,22,23,27)(H4,24,25,28). The second-order valence-corrected chi connectivity index (χ2v) is 9.86. The smallest absolute Gasteiger partial charge is 0.186 e. The van der Waals surface area contributed by atoms with Crippen molar-refractivity contribution in [3.63, 3.8) is 0 Å². The van der Waals surface area contributed by atoms with Crippen molar-refractivity contribution in [3.05, 3.63) is 0 Å². The first kappa shape index (κ1) is 32.5. The highest BCUT2D eigenvalue weighted by Crippen LogP contribution is 2.37. The van der Waals surface area contributed by atoms with Gasteiger partial charge in [-0.1, -0.05) is 0 Å². The fraction of sp³-hybridized carbons (Fsp3) is 0.905. The number of aliphatic hydroxyl groups is 8. The first-order valence-corrected chi connectivity index (χ1v) is 12.6. The van der Waals surface area contributed by atoms with Crippen molar-refractivity contribution in [3.8, 4) is 0 Å². The number of aliphatic hydroxyl groups excluding tert-OH is 8. The van der Waals surface area contributed by atoms with Crippen molar-refractivity contribution in [2.24, 2.45) is 38.8 Å². The second kappa shape index (κ2) is 13.8. The number of ether oxygens (including phenoxy) is 4. The number of hydrogen-bond donors (Lipinski definition) is 13. The number of rotatable bonds is 10. The van der Waals surface area contributed by atoms with Gasteiger partial charge in [0, 0.05) is 5.92 Å². The molecule has 0 aromatic rings. The number of nitrogens with zero attached hydrogens (tertiary/aromatic N) is 2. The van der Waals surface area contributed by atoms with Crippen LogP contribution in [-0.2, 0) is 18.9 Å². The average molecular weight is 584 g/mol. The van der Waals surface area contributed by atoms with Gasteiger partial charge in [0.25, 0.3) is 0 Å². The molecule has 1 saturated carbocycles. The average Bonchev–Trinajstić information content (AvgIpc) is 3.24. The number of nitrogens with two attached hydrogens (primary N) is 4. The zero-order valence-corrected chi connectivity index (χ0v) is 21.7. The molecule has 0 amide bonds. The van der Waals surface area contributed by atoms with Crippen molar-refractivity contribution < 1.29 is 59.8 Å². The maximum Gasteiger partial charge on any atom is 0.186 e. The molecule has 232 valence electrons. The molecule has 1 aliphatic carbocycles. The Balaban J connectivity index is 1.94. The molecule has 0 radical (unpaired) electrons. The molecule has 3 fully saturated rings. The van der Waals surface area contributed by atoms with Crippen molar-refractivity contribution in [1.29, 1.82) is 0 Å². The highest BCUT2D eigenvalue weighted by Gasteiger charge is 2.56. The van der Waals surface area contributed by atoms with Crippen LogP contribution in [0.15, 0.2) is 9.98 Å². The fourth-order valence-corrected chi connectivity index (χ4v) is 5.26. The normalized spacial score (nSPS) is 45.7. The maximum absolute atomic E-state index is 10.9. The van der Waals surface area contributed by atoms with E-state index in [0.29, 0.717) is 0 Å². The van der Waals surface area contributed by atoms with E-state index < -0.39 is 123 Å². The first-order valence-electron chi connectivity index (χ1n) is 12.6. The highest BCUT2D eigenvalue weighted by molar-refractivity contribution is 5.76. The molecule has 0 bridgehead atoms. The molecule has 0 spiro atoms. The van der Waals surface area contributed by atoms with Gasteiger partial charge in [0.15, 0.2) is 24.5 Å². The summed E-state index contributed by atoms with van der Waals surface area (Å²) in [6, 6.07) is -3.90. The third-order valence-corrected chi connectivity index (χ3v) is 7.33. The molecule has 3 rings (SSSR count). The highest BCUT2D eigenvalue weighted by atomic mass is 16.8. The van der Waals surface area contributed by atoms with Crippen molar-refractivity contribution in [1.82, 2.24) is 5.32 Å². The summed E-state index contributed by atoms with van der Waals surface area (Å²) in [7, 11) is 1.47. The molecule has 2 heterocycles. The lowest BCUT2D eigenvalue weighted by Crippen LogP contribution is -2.65. The molecule has 0 aromatic carbocycles. The Hall–Kier alpha value is -1.98. The summed E-state index contributed by atoms with van der Waals surface area (Å²) in [5.41, 5.74) is 21.8. The van der Waals surface area contributed by atoms with Gasteiger partial charge in [-0.3, -0.25) is 0 Å². The summed E-state index contributed by atoms with van der Waals surface area (Å²) in [4.78, 5) is 7.68. The molecule has 40 heavy (non-hydrogen) atoms. The van der Waals surface area contributed by atoms with E-state index in [0.717, 1.165) is 0 Å². The summed E-state index contributed by atoms with van der Waals surface area (Å²) in [5.74, 6) is -1.93. The zero-order chi connectivity index (χ0) is 29.9. The van der Waals surface area contributed by atoms with E-state index in [-0.39, 0.29) is 0 Å². The van der Waals surface area contributed by atoms with Crippen LogP contribution < -0.4 is 28.3 Å². The molecular weight excluding hydrogens is 542 g/mol. The molecule has 2 saturated heterocycles. The Bertz CT molecular complexity index is 881. The van der Waals surface area contributed by atoms with Gasteiger partial charge in [0.05, 0.1) is 32.0 Å². The van der Waals surface area contributed by atoms with Gasteiger partial charge < -0.3 is 88.1 Å². The van der Waals surface area contributed by atoms with Gasteiger partial charge in [0.1, 0.15) is 60.9 Å². The molecule has 3 aliphatic rings. The summed E-state index contributed by atoms with van der Waals surface area (Å²) in [6.45, 7) is -1.82. The van der Waals surface area contributed by atoms with Gasteiger partial charge in [0.2, 0.25) is 0 Å². The summed E-state index contributed by atoms with van der Waals surface area (Å²) < 4.78 is 23.4. The second-order valence-electron chi connectivity index (χ2n) is 9.86. The van der Waals surface area contributed by atoms with E-state index in [1.165, 1.54) is 7.05 Å². The summed E-state index contributed by atoms with van der Waals surface area (Å²) >= 11 is 0. The molecule has 0 aromatic heterocycles. The topological polar surface area (TPSA) is 340 Å². The molecular formula is C21H41N7O12. The zero-order valence-electron chi connectivity index (χ0n) is 21.7. The molecule has 2 aliphatic heterocycles. The third-order valence-electron chi connectivity index (χ3n) is 7.33. The van der Waals surface area contributed by atoms with Crippen LogP contribution in [0, 0.1) is 5.92 Å². The van der Waals surface area contributed by atoms with Gasteiger partial charge >= 0.3 is 0 Å². The van der Waals surface area contributed by atoms with Crippen LogP contribution in [0.2, 0.25) is 0 Å². The quantitative estimate of drug-likeness (QED) is 0.0838. The first-order chi connectivity index (χ1) is 18.9. The molecule has 15 atom stereocenters. The van der Waals surface area contributed by atoms with E-state index in [4.69, 9.17) is 41.9 Å². The van der Waals surface area contributed by atoms with E-state index >= 15 is 0 Å². The third kappa shape index (κ3) is 6.57. The van der Waals surface area contributed by atoms with Gasteiger partial charge in [-0.15, -0.1) is 0 Å². The Labute approximate surface area is 229 Å². The monoisotopic (exact) mass is 583 g/mol. The van der Waals surface area contributed by atoms with E-state index in [2.05, 4.69) is 15.3 Å². The van der Waals surface area contributed by atoms with Crippen LogP contribution in [0.25, 0.3) is 0 Å². The largest absolute Gasteiger partial charge is 0.396 e. The summed E-state index contributed by atoms with van der Waals surface area (Å²) in [6.07, 6.45) is -16.0. The Morgan fingerprint density at radius 2 is 1.23 bits per heavy atom. The minimum Gasteiger partial charge on any atom is -0.396 e. The van der Waals surface area contributed by atoms with Gasteiger partial charge in [-0.2, -0.15) is 0 Å². The number of aliphatic imine (C=N–C) groups is 2. The van der Waals surface area contributed by atoms with Crippen molar-refractivity contribution in [2.75, 3.05) is 26.9 Å².